The van der Waals surface area contributed by atoms with E-state index in [2.05, 4.69) is 15.5 Å². The average Bonchev–Trinajstić information content (AvgIpc) is 2.76. The predicted octanol–water partition coefficient (Wildman–Crippen LogP) is 3.14. The molecule has 0 fully saturated rings. The monoisotopic (exact) mass is 330 g/mol. The summed E-state index contributed by atoms with van der Waals surface area (Å²) in [7, 11) is 0. The molecule has 7 heteroatoms. The standard InChI is InChI=1S/C17H22N4O3/c1-10(2)9-21-13-8-6-5-7-12(13)14(17(21)24)19-20-16(23)15(22)18-11(3)4/h5-8,10-11,24H,9H2,1-4H3,(H,18,22). The summed E-state index contributed by atoms with van der Waals surface area (Å²) in [6.07, 6.45) is 0. The molecule has 1 aromatic carbocycles. The minimum Gasteiger partial charge on any atom is -0.493 e. The number of rotatable bonds is 4. The zero-order valence-corrected chi connectivity index (χ0v) is 14.3. The summed E-state index contributed by atoms with van der Waals surface area (Å²) < 4.78 is 1.73. The van der Waals surface area contributed by atoms with Gasteiger partial charge in [-0.25, -0.2) is 0 Å². The van der Waals surface area contributed by atoms with Gasteiger partial charge in [-0.05, 0) is 25.8 Å². The number of benzene rings is 1. The van der Waals surface area contributed by atoms with E-state index < -0.39 is 11.8 Å². The van der Waals surface area contributed by atoms with Crippen molar-refractivity contribution in [2.75, 3.05) is 0 Å². The highest BCUT2D eigenvalue weighted by molar-refractivity contribution is 6.35. The van der Waals surface area contributed by atoms with Gasteiger partial charge < -0.3 is 15.0 Å². The first-order valence-corrected chi connectivity index (χ1v) is 7.88. The van der Waals surface area contributed by atoms with Crippen molar-refractivity contribution in [3.8, 4) is 5.88 Å². The van der Waals surface area contributed by atoms with Crippen LogP contribution < -0.4 is 5.32 Å². The number of aromatic hydroxyl groups is 1. The number of carbonyl (C=O) groups is 2. The van der Waals surface area contributed by atoms with Crippen molar-refractivity contribution in [3.05, 3.63) is 24.3 Å². The van der Waals surface area contributed by atoms with Crippen molar-refractivity contribution in [2.45, 2.75) is 40.3 Å². The fraction of sp³-hybridized carbons (Fsp3) is 0.412. The first-order valence-electron chi connectivity index (χ1n) is 7.88. The molecule has 0 radical (unpaired) electrons. The SMILES string of the molecule is CC(C)Cn1c(O)c(N=NC(=O)C(=O)NC(C)C)c2ccccc21. The summed E-state index contributed by atoms with van der Waals surface area (Å²) in [5, 5.41) is 20.9. The molecule has 0 aliphatic heterocycles. The molecule has 0 aliphatic carbocycles. The number of carbonyl (C=O) groups excluding carboxylic acids is 2. The number of aromatic nitrogens is 1. The Morgan fingerprint density at radius 1 is 1.21 bits per heavy atom. The van der Waals surface area contributed by atoms with E-state index in [9.17, 15) is 14.7 Å². The minimum absolute atomic E-state index is 0.0642. The quantitative estimate of drug-likeness (QED) is 0.666. The number of nitrogens with zero attached hydrogens (tertiary/aromatic N) is 3. The fourth-order valence-electron chi connectivity index (χ4n) is 2.38. The first kappa shape index (κ1) is 17.7. The summed E-state index contributed by atoms with van der Waals surface area (Å²) in [5.41, 5.74) is 0.994. The van der Waals surface area contributed by atoms with Crippen LogP contribution in [0.4, 0.5) is 5.69 Å². The van der Waals surface area contributed by atoms with E-state index >= 15 is 0 Å². The highest BCUT2D eigenvalue weighted by Gasteiger charge is 2.19. The van der Waals surface area contributed by atoms with Crippen LogP contribution in [0.25, 0.3) is 10.9 Å². The summed E-state index contributed by atoms with van der Waals surface area (Å²) in [5.74, 6) is -1.57. The Morgan fingerprint density at radius 3 is 2.50 bits per heavy atom. The maximum absolute atomic E-state index is 11.7. The molecular weight excluding hydrogens is 308 g/mol. The largest absolute Gasteiger partial charge is 0.493 e. The van der Waals surface area contributed by atoms with Crippen LogP contribution in [0.1, 0.15) is 27.7 Å². The van der Waals surface area contributed by atoms with Crippen LogP contribution in [-0.2, 0) is 16.1 Å². The van der Waals surface area contributed by atoms with Crippen molar-refractivity contribution in [3.63, 3.8) is 0 Å². The lowest BCUT2D eigenvalue weighted by Crippen LogP contribution is -2.34. The molecule has 1 heterocycles. The van der Waals surface area contributed by atoms with Gasteiger partial charge in [0, 0.05) is 18.0 Å². The lowest BCUT2D eigenvalue weighted by atomic mass is 10.2. The summed E-state index contributed by atoms with van der Waals surface area (Å²) in [4.78, 5) is 23.3. The normalized spacial score (nSPS) is 11.8. The van der Waals surface area contributed by atoms with Gasteiger partial charge in [0.15, 0.2) is 5.69 Å². The number of amides is 2. The van der Waals surface area contributed by atoms with Crippen LogP contribution >= 0.6 is 0 Å². The molecule has 0 unspecified atom stereocenters. The number of para-hydroxylation sites is 1. The maximum atomic E-state index is 11.7. The summed E-state index contributed by atoms with van der Waals surface area (Å²) in [6.45, 7) is 8.16. The Hall–Kier alpha value is -2.70. The van der Waals surface area contributed by atoms with Gasteiger partial charge in [-0.2, -0.15) is 0 Å². The molecule has 0 saturated carbocycles. The molecule has 1 aromatic heterocycles. The van der Waals surface area contributed by atoms with E-state index in [0.29, 0.717) is 17.8 Å². The molecule has 2 N–H and O–H groups in total. The molecular formula is C17H22N4O3. The van der Waals surface area contributed by atoms with Crippen LogP contribution in [-0.4, -0.2) is 27.5 Å². The van der Waals surface area contributed by atoms with Crippen molar-refractivity contribution in [2.24, 2.45) is 16.1 Å². The van der Waals surface area contributed by atoms with Crippen LogP contribution in [0.5, 0.6) is 5.88 Å². The molecule has 24 heavy (non-hydrogen) atoms. The molecule has 2 aromatic rings. The molecule has 2 amide bonds. The molecule has 7 nitrogen and oxygen atoms in total. The van der Waals surface area contributed by atoms with E-state index in [4.69, 9.17) is 0 Å². The minimum atomic E-state index is -0.996. The average molecular weight is 330 g/mol. The second-order valence-electron chi connectivity index (χ2n) is 6.33. The van der Waals surface area contributed by atoms with E-state index in [1.165, 1.54) is 0 Å². The van der Waals surface area contributed by atoms with Crippen molar-refractivity contribution >= 4 is 28.4 Å². The number of hydrogen-bond donors (Lipinski definition) is 2. The van der Waals surface area contributed by atoms with Crippen molar-refractivity contribution in [1.29, 1.82) is 0 Å². The number of azo groups is 1. The van der Waals surface area contributed by atoms with Gasteiger partial charge in [-0.1, -0.05) is 32.0 Å². The van der Waals surface area contributed by atoms with Crippen LogP contribution in [0.2, 0.25) is 0 Å². The third-order valence-electron chi connectivity index (χ3n) is 3.32. The van der Waals surface area contributed by atoms with Crippen molar-refractivity contribution < 1.29 is 14.7 Å². The zero-order valence-electron chi connectivity index (χ0n) is 14.3. The molecule has 0 spiro atoms. The van der Waals surface area contributed by atoms with E-state index in [-0.39, 0.29) is 17.6 Å². The Kier molecular flexibility index (Phi) is 5.33. The van der Waals surface area contributed by atoms with Crippen LogP contribution in [0.15, 0.2) is 34.5 Å². The Balaban J connectivity index is 2.38. The second kappa shape index (κ2) is 7.25. The van der Waals surface area contributed by atoms with Crippen molar-refractivity contribution in [1.82, 2.24) is 9.88 Å². The summed E-state index contributed by atoms with van der Waals surface area (Å²) in [6, 6.07) is 7.16. The fourth-order valence-corrected chi connectivity index (χ4v) is 2.38. The Bertz CT molecular complexity index is 790. The molecule has 128 valence electrons. The molecule has 0 atom stereocenters. The number of nitrogens with one attached hydrogen (secondary N) is 1. The predicted molar refractivity (Wildman–Crippen MR) is 91.2 cm³/mol. The molecule has 0 aliphatic rings. The molecule has 0 saturated heterocycles. The Labute approximate surface area is 140 Å². The summed E-state index contributed by atoms with van der Waals surface area (Å²) >= 11 is 0. The van der Waals surface area contributed by atoms with Gasteiger partial charge in [0.2, 0.25) is 5.88 Å². The van der Waals surface area contributed by atoms with E-state index in [0.717, 1.165) is 5.52 Å². The third-order valence-corrected chi connectivity index (χ3v) is 3.32. The number of fused-ring (bicyclic) bond motifs is 1. The van der Waals surface area contributed by atoms with Gasteiger partial charge in [0.05, 0.1) is 5.52 Å². The molecule has 0 bridgehead atoms. The van der Waals surface area contributed by atoms with E-state index in [1.807, 2.05) is 32.0 Å². The zero-order chi connectivity index (χ0) is 17.9. The maximum Gasteiger partial charge on any atom is 0.353 e. The van der Waals surface area contributed by atoms with Gasteiger partial charge in [0.1, 0.15) is 0 Å². The number of hydrogen-bond acceptors (Lipinski definition) is 4. The van der Waals surface area contributed by atoms with Crippen LogP contribution in [0.3, 0.4) is 0 Å². The van der Waals surface area contributed by atoms with Crippen LogP contribution in [0, 0.1) is 5.92 Å². The van der Waals surface area contributed by atoms with Gasteiger partial charge in [0.25, 0.3) is 0 Å². The topological polar surface area (TPSA) is 96.0 Å². The lowest BCUT2D eigenvalue weighted by molar-refractivity contribution is -0.137. The first-order chi connectivity index (χ1) is 11.3. The lowest BCUT2D eigenvalue weighted by Gasteiger charge is -2.09. The third kappa shape index (κ3) is 3.79. The Morgan fingerprint density at radius 2 is 1.88 bits per heavy atom. The van der Waals surface area contributed by atoms with E-state index in [1.54, 1.807) is 24.5 Å². The highest BCUT2D eigenvalue weighted by atomic mass is 16.3. The highest BCUT2D eigenvalue weighted by Crippen LogP contribution is 2.39. The van der Waals surface area contributed by atoms with Gasteiger partial charge in [-0.3, -0.25) is 9.59 Å². The second-order valence-corrected chi connectivity index (χ2v) is 6.33. The van der Waals surface area contributed by atoms with Gasteiger partial charge >= 0.3 is 11.8 Å². The van der Waals surface area contributed by atoms with Gasteiger partial charge in [-0.15, -0.1) is 10.2 Å². The smallest absolute Gasteiger partial charge is 0.353 e. The molecule has 2 rings (SSSR count).